The van der Waals surface area contributed by atoms with Crippen molar-refractivity contribution in [1.29, 1.82) is 0 Å². The molecule has 2 rings (SSSR count). The van der Waals surface area contributed by atoms with Crippen LogP contribution in [0.3, 0.4) is 0 Å². The minimum Gasteiger partial charge on any atom is -0.378 e. The Balaban J connectivity index is 1.92. The summed E-state index contributed by atoms with van der Waals surface area (Å²) in [5.74, 6) is 0.984. The zero-order valence-corrected chi connectivity index (χ0v) is 13.0. The molecule has 0 radical (unpaired) electrons. The van der Waals surface area contributed by atoms with Crippen LogP contribution in [0.15, 0.2) is 12.4 Å². The highest BCUT2D eigenvalue weighted by atomic mass is 16.5. The summed E-state index contributed by atoms with van der Waals surface area (Å²) in [6.45, 7) is 4.98. The van der Waals surface area contributed by atoms with E-state index in [2.05, 4.69) is 33.7 Å². The third-order valence-electron chi connectivity index (χ3n) is 4.19. The number of ether oxygens (including phenoxy) is 1. The lowest BCUT2D eigenvalue weighted by atomic mass is 10.2. The van der Waals surface area contributed by atoms with E-state index in [0.29, 0.717) is 6.04 Å². The number of anilines is 1. The highest BCUT2D eigenvalue weighted by Crippen LogP contribution is 2.21. The highest BCUT2D eigenvalue weighted by molar-refractivity contribution is 5.28. The fourth-order valence-corrected chi connectivity index (χ4v) is 2.75. The van der Waals surface area contributed by atoms with E-state index >= 15 is 0 Å². The number of nitrogens with zero attached hydrogens (tertiary/aromatic N) is 3. The molecule has 1 aliphatic rings. The van der Waals surface area contributed by atoms with Crippen LogP contribution >= 0.6 is 0 Å². The zero-order valence-electron chi connectivity index (χ0n) is 13.0. The van der Waals surface area contributed by atoms with Crippen molar-refractivity contribution in [3.63, 3.8) is 0 Å². The summed E-state index contributed by atoms with van der Waals surface area (Å²) in [5.41, 5.74) is 0. The van der Waals surface area contributed by atoms with Gasteiger partial charge in [-0.3, -0.25) is 0 Å². The monoisotopic (exact) mass is 280 g/mol. The summed E-state index contributed by atoms with van der Waals surface area (Å²) in [6.07, 6.45) is 9.29. The van der Waals surface area contributed by atoms with E-state index in [1.54, 1.807) is 7.11 Å². The van der Waals surface area contributed by atoms with Gasteiger partial charge in [0.25, 0.3) is 0 Å². The van der Waals surface area contributed by atoms with Gasteiger partial charge in [-0.25, -0.2) is 4.98 Å². The Labute approximate surface area is 122 Å². The maximum absolute atomic E-state index is 5.60. The molecule has 0 amide bonds. The molecule has 1 saturated carbocycles. The minimum absolute atomic E-state index is 0.193. The second-order valence-corrected chi connectivity index (χ2v) is 5.74. The van der Waals surface area contributed by atoms with Crippen molar-refractivity contribution >= 4 is 5.95 Å². The van der Waals surface area contributed by atoms with Gasteiger partial charge in [0.05, 0.1) is 12.6 Å². The summed E-state index contributed by atoms with van der Waals surface area (Å²) >= 11 is 0. The van der Waals surface area contributed by atoms with Crippen LogP contribution in [0, 0.1) is 0 Å². The van der Waals surface area contributed by atoms with E-state index in [0.717, 1.165) is 25.6 Å². The molecule has 1 aromatic rings. The van der Waals surface area contributed by atoms with E-state index in [-0.39, 0.29) is 6.10 Å². The first-order chi connectivity index (χ1) is 9.72. The smallest absolute Gasteiger partial charge is 0.203 e. The molecule has 5 heteroatoms. The van der Waals surface area contributed by atoms with Crippen molar-refractivity contribution in [2.75, 3.05) is 32.6 Å². The molecule has 20 heavy (non-hydrogen) atoms. The maximum atomic E-state index is 5.60. The van der Waals surface area contributed by atoms with Gasteiger partial charge >= 0.3 is 0 Å². The second kappa shape index (κ2) is 7.64. The summed E-state index contributed by atoms with van der Waals surface area (Å²) in [7, 11) is 3.91. The lowest BCUT2D eigenvalue weighted by Gasteiger charge is -2.23. The van der Waals surface area contributed by atoms with Crippen molar-refractivity contribution in [2.45, 2.75) is 51.3 Å². The van der Waals surface area contributed by atoms with E-state index < -0.39 is 0 Å². The molecule has 0 saturated heterocycles. The molecule has 0 aliphatic heterocycles. The van der Waals surface area contributed by atoms with Crippen LogP contribution in [0.4, 0.5) is 5.95 Å². The number of aromatic nitrogens is 2. The molecule has 114 valence electrons. The Bertz CT molecular complexity index is 387. The predicted molar refractivity (Wildman–Crippen MR) is 82.1 cm³/mol. The molecule has 1 aliphatic carbocycles. The molecule has 1 N–H and O–H groups in total. The number of nitrogens with one attached hydrogen (secondary N) is 1. The van der Waals surface area contributed by atoms with Gasteiger partial charge in [-0.15, -0.1) is 0 Å². The lowest BCUT2D eigenvalue weighted by Crippen LogP contribution is -2.33. The molecule has 1 fully saturated rings. The van der Waals surface area contributed by atoms with Crippen molar-refractivity contribution in [1.82, 2.24) is 14.5 Å². The summed E-state index contributed by atoms with van der Waals surface area (Å²) in [6, 6.07) is 0.593. The second-order valence-electron chi connectivity index (χ2n) is 5.74. The lowest BCUT2D eigenvalue weighted by molar-refractivity contribution is 0.0607. The summed E-state index contributed by atoms with van der Waals surface area (Å²) in [5, 5.41) is 3.57. The molecule has 1 atom stereocenters. The maximum Gasteiger partial charge on any atom is 0.203 e. The van der Waals surface area contributed by atoms with Crippen molar-refractivity contribution in [3.05, 3.63) is 12.4 Å². The topological polar surface area (TPSA) is 42.3 Å². The first-order valence-corrected chi connectivity index (χ1v) is 7.72. The third-order valence-corrected chi connectivity index (χ3v) is 4.19. The molecule has 1 unspecified atom stereocenters. The predicted octanol–water partition coefficient (Wildman–Crippen LogP) is 2.20. The van der Waals surface area contributed by atoms with Crippen molar-refractivity contribution in [3.8, 4) is 0 Å². The molecule has 0 bridgehead atoms. The number of methoxy groups -OCH3 is 1. The summed E-state index contributed by atoms with van der Waals surface area (Å²) in [4.78, 5) is 6.72. The molecule has 1 aromatic heterocycles. The highest BCUT2D eigenvalue weighted by Gasteiger charge is 2.18. The largest absolute Gasteiger partial charge is 0.378 e. The van der Waals surface area contributed by atoms with Crippen LogP contribution < -0.4 is 5.32 Å². The van der Waals surface area contributed by atoms with E-state index in [1.807, 2.05) is 12.4 Å². The van der Waals surface area contributed by atoms with Crippen LogP contribution in [-0.2, 0) is 11.3 Å². The molecule has 0 aromatic carbocycles. The Morgan fingerprint density at radius 1 is 1.50 bits per heavy atom. The van der Waals surface area contributed by atoms with Crippen LogP contribution in [0.1, 0.15) is 32.6 Å². The average Bonchev–Trinajstić information content (AvgIpc) is 3.11. The van der Waals surface area contributed by atoms with E-state index in [4.69, 9.17) is 4.74 Å². The van der Waals surface area contributed by atoms with Crippen LogP contribution in [0.25, 0.3) is 0 Å². The Kier molecular flexibility index (Phi) is 5.86. The fraction of sp³-hybridized carbons (Fsp3) is 0.800. The van der Waals surface area contributed by atoms with E-state index in [9.17, 15) is 0 Å². The van der Waals surface area contributed by atoms with Gasteiger partial charge in [0.1, 0.15) is 0 Å². The third kappa shape index (κ3) is 4.21. The number of rotatable bonds is 8. The van der Waals surface area contributed by atoms with Crippen molar-refractivity contribution in [2.24, 2.45) is 0 Å². The SMILES string of the molecule is CCN(C)CC(Cn1ccnc1NC1CCCC1)OC. The van der Waals surface area contributed by atoms with Gasteiger partial charge in [0.15, 0.2) is 0 Å². The first-order valence-electron chi connectivity index (χ1n) is 7.72. The van der Waals surface area contributed by atoms with Crippen LogP contribution in [0.2, 0.25) is 0 Å². The van der Waals surface area contributed by atoms with Gasteiger partial charge in [0, 0.05) is 32.1 Å². The molecule has 5 nitrogen and oxygen atoms in total. The number of hydrogen-bond acceptors (Lipinski definition) is 4. The Morgan fingerprint density at radius 3 is 2.90 bits per heavy atom. The quantitative estimate of drug-likeness (QED) is 0.793. The first kappa shape index (κ1) is 15.3. The average molecular weight is 280 g/mol. The molecular formula is C15H28N4O. The van der Waals surface area contributed by atoms with Gasteiger partial charge in [-0.1, -0.05) is 19.8 Å². The summed E-state index contributed by atoms with van der Waals surface area (Å²) < 4.78 is 7.78. The van der Waals surface area contributed by atoms with Crippen LogP contribution in [0.5, 0.6) is 0 Å². The molecular weight excluding hydrogens is 252 g/mol. The fourth-order valence-electron chi connectivity index (χ4n) is 2.75. The van der Waals surface area contributed by atoms with Crippen molar-refractivity contribution < 1.29 is 4.74 Å². The number of hydrogen-bond donors (Lipinski definition) is 1. The number of likely N-dealkylation sites (N-methyl/N-ethyl adjacent to an activating group) is 1. The number of imidazole rings is 1. The van der Waals surface area contributed by atoms with Gasteiger partial charge in [0.2, 0.25) is 5.95 Å². The molecule has 0 spiro atoms. The minimum atomic E-state index is 0.193. The van der Waals surface area contributed by atoms with E-state index in [1.165, 1.54) is 25.7 Å². The van der Waals surface area contributed by atoms with Gasteiger partial charge in [-0.05, 0) is 26.4 Å². The normalized spacial score (nSPS) is 17.8. The zero-order chi connectivity index (χ0) is 14.4. The Hall–Kier alpha value is -1.07. The Morgan fingerprint density at radius 2 is 2.25 bits per heavy atom. The molecule has 1 heterocycles. The van der Waals surface area contributed by atoms with Gasteiger partial charge < -0.3 is 19.5 Å². The van der Waals surface area contributed by atoms with Crippen LogP contribution in [-0.4, -0.2) is 53.8 Å². The standard InChI is InChI=1S/C15H28N4O/c1-4-18(2)11-14(20-3)12-19-10-9-16-15(19)17-13-7-5-6-8-13/h9-10,13-14H,4-8,11-12H2,1-3H3,(H,16,17). The van der Waals surface area contributed by atoms with Gasteiger partial charge in [-0.2, -0.15) is 0 Å².